The molecular weight excluding hydrogens is 196 g/mol. The van der Waals surface area contributed by atoms with Crippen molar-refractivity contribution < 1.29 is 5.11 Å². The van der Waals surface area contributed by atoms with Crippen LogP contribution in [0.2, 0.25) is 0 Å². The predicted molar refractivity (Wildman–Crippen MR) is 68.4 cm³/mol. The second-order valence-corrected chi connectivity index (χ2v) is 4.98. The van der Waals surface area contributed by atoms with Crippen molar-refractivity contribution in [2.45, 2.75) is 33.1 Å². The molecule has 1 aromatic rings. The molecule has 1 heteroatoms. The van der Waals surface area contributed by atoms with Crippen molar-refractivity contribution in [1.29, 1.82) is 0 Å². The Labute approximate surface area is 97.8 Å². The Morgan fingerprint density at radius 1 is 1.25 bits per heavy atom. The lowest BCUT2D eigenvalue weighted by Gasteiger charge is -2.42. The summed E-state index contributed by atoms with van der Waals surface area (Å²) in [7, 11) is 0. The van der Waals surface area contributed by atoms with E-state index in [1.165, 1.54) is 12.0 Å². The highest BCUT2D eigenvalue weighted by Crippen LogP contribution is 2.48. The van der Waals surface area contributed by atoms with E-state index in [1.807, 2.05) is 19.1 Å². The molecule has 0 aliphatic heterocycles. The fraction of sp³-hybridized carbons (Fsp3) is 0.467. The van der Waals surface area contributed by atoms with E-state index in [0.29, 0.717) is 11.7 Å². The van der Waals surface area contributed by atoms with E-state index in [1.54, 1.807) is 6.08 Å². The molecule has 0 saturated heterocycles. The van der Waals surface area contributed by atoms with Crippen molar-refractivity contribution in [1.82, 2.24) is 0 Å². The number of aliphatic hydroxyl groups is 1. The standard InChI is InChI=1S/C15H20O/c1-4-14(16)12-7-5-6-8-13(12)15-10(2)9-11(15)3/h4-8,10-11,15-16H,9H2,1-3H3/b14-4+. The summed E-state index contributed by atoms with van der Waals surface area (Å²) in [5.41, 5.74) is 2.32. The van der Waals surface area contributed by atoms with Crippen molar-refractivity contribution in [3.8, 4) is 0 Å². The third-order valence-electron chi connectivity index (χ3n) is 3.84. The number of hydrogen-bond acceptors (Lipinski definition) is 1. The molecule has 1 aromatic carbocycles. The van der Waals surface area contributed by atoms with Gasteiger partial charge in [0.15, 0.2) is 0 Å². The van der Waals surface area contributed by atoms with E-state index in [2.05, 4.69) is 26.0 Å². The van der Waals surface area contributed by atoms with Crippen LogP contribution in [-0.2, 0) is 0 Å². The molecule has 0 heterocycles. The highest BCUT2D eigenvalue weighted by atomic mass is 16.3. The molecule has 2 atom stereocenters. The van der Waals surface area contributed by atoms with Crippen LogP contribution in [0.5, 0.6) is 0 Å². The maximum absolute atomic E-state index is 9.91. The summed E-state index contributed by atoms with van der Waals surface area (Å²) < 4.78 is 0. The third-order valence-corrected chi connectivity index (χ3v) is 3.84. The third kappa shape index (κ3) is 1.75. The normalized spacial score (nSPS) is 29.9. The van der Waals surface area contributed by atoms with Crippen LogP contribution >= 0.6 is 0 Å². The van der Waals surface area contributed by atoms with Gasteiger partial charge in [-0.3, -0.25) is 0 Å². The van der Waals surface area contributed by atoms with Gasteiger partial charge in [-0.1, -0.05) is 38.1 Å². The lowest BCUT2D eigenvalue weighted by Crippen LogP contribution is -2.31. The zero-order valence-corrected chi connectivity index (χ0v) is 10.3. The van der Waals surface area contributed by atoms with Gasteiger partial charge in [0.2, 0.25) is 0 Å². The van der Waals surface area contributed by atoms with Crippen molar-refractivity contribution in [3.63, 3.8) is 0 Å². The van der Waals surface area contributed by atoms with Crippen molar-refractivity contribution in [3.05, 3.63) is 41.5 Å². The number of hydrogen-bond donors (Lipinski definition) is 1. The zero-order valence-electron chi connectivity index (χ0n) is 10.3. The molecule has 0 spiro atoms. The van der Waals surface area contributed by atoms with Crippen LogP contribution in [0.25, 0.3) is 5.76 Å². The quantitative estimate of drug-likeness (QED) is 0.728. The van der Waals surface area contributed by atoms with Gasteiger partial charge in [-0.05, 0) is 42.7 Å². The van der Waals surface area contributed by atoms with Crippen LogP contribution < -0.4 is 0 Å². The van der Waals surface area contributed by atoms with Crippen LogP contribution in [0.4, 0.5) is 0 Å². The Morgan fingerprint density at radius 3 is 2.44 bits per heavy atom. The van der Waals surface area contributed by atoms with Crippen molar-refractivity contribution in [2.24, 2.45) is 11.8 Å². The molecule has 0 amide bonds. The van der Waals surface area contributed by atoms with Gasteiger partial charge in [-0.2, -0.15) is 0 Å². The summed E-state index contributed by atoms with van der Waals surface area (Å²) in [5.74, 6) is 2.49. The molecule has 0 aromatic heterocycles. The smallest absolute Gasteiger partial charge is 0.118 e. The fourth-order valence-electron chi connectivity index (χ4n) is 3.03. The Balaban J connectivity index is 2.40. The molecule has 16 heavy (non-hydrogen) atoms. The van der Waals surface area contributed by atoms with E-state index >= 15 is 0 Å². The van der Waals surface area contributed by atoms with Gasteiger partial charge in [0.25, 0.3) is 0 Å². The largest absolute Gasteiger partial charge is 0.508 e. The topological polar surface area (TPSA) is 20.2 Å². The Bertz CT molecular complexity index is 398. The number of benzene rings is 1. The lowest BCUT2D eigenvalue weighted by atomic mass is 9.63. The zero-order chi connectivity index (χ0) is 11.7. The monoisotopic (exact) mass is 216 g/mol. The number of allylic oxidation sites excluding steroid dienone is 1. The summed E-state index contributed by atoms with van der Waals surface area (Å²) in [5, 5.41) is 9.91. The fourth-order valence-corrected chi connectivity index (χ4v) is 3.03. The van der Waals surface area contributed by atoms with E-state index in [-0.39, 0.29) is 0 Å². The lowest BCUT2D eigenvalue weighted by molar-refractivity contribution is 0.175. The molecule has 1 aliphatic carbocycles. The van der Waals surface area contributed by atoms with Gasteiger partial charge < -0.3 is 5.11 Å². The molecule has 1 nitrogen and oxygen atoms in total. The van der Waals surface area contributed by atoms with Gasteiger partial charge in [0.05, 0.1) is 0 Å². The maximum atomic E-state index is 9.91. The van der Waals surface area contributed by atoms with Gasteiger partial charge in [-0.15, -0.1) is 0 Å². The summed E-state index contributed by atoms with van der Waals surface area (Å²) >= 11 is 0. The first-order chi connectivity index (χ1) is 7.65. The van der Waals surface area contributed by atoms with Crippen LogP contribution in [0, 0.1) is 11.8 Å². The number of rotatable bonds is 2. The minimum absolute atomic E-state index is 0.405. The van der Waals surface area contributed by atoms with Crippen LogP contribution in [0.3, 0.4) is 0 Å². The van der Waals surface area contributed by atoms with Crippen LogP contribution in [-0.4, -0.2) is 5.11 Å². The van der Waals surface area contributed by atoms with E-state index < -0.39 is 0 Å². The molecule has 0 bridgehead atoms. The minimum Gasteiger partial charge on any atom is -0.508 e. The summed E-state index contributed by atoms with van der Waals surface area (Å²) in [6.07, 6.45) is 3.07. The molecule has 1 saturated carbocycles. The molecule has 2 unspecified atom stereocenters. The SMILES string of the molecule is C/C=C(/O)c1ccccc1C1C(C)CC1C. The average molecular weight is 216 g/mol. The predicted octanol–water partition coefficient (Wildman–Crippen LogP) is 4.36. The minimum atomic E-state index is 0.405. The first-order valence-electron chi connectivity index (χ1n) is 6.09. The second kappa shape index (κ2) is 4.32. The molecule has 2 rings (SSSR count). The van der Waals surface area contributed by atoms with E-state index in [0.717, 1.165) is 17.4 Å². The Morgan fingerprint density at radius 2 is 1.88 bits per heavy atom. The molecule has 1 N–H and O–H groups in total. The summed E-state index contributed by atoms with van der Waals surface area (Å²) in [4.78, 5) is 0. The van der Waals surface area contributed by atoms with Gasteiger partial charge in [-0.25, -0.2) is 0 Å². The Hall–Kier alpha value is -1.24. The molecule has 86 valence electrons. The highest BCUT2D eigenvalue weighted by molar-refractivity contribution is 5.62. The molecule has 0 radical (unpaired) electrons. The van der Waals surface area contributed by atoms with Crippen molar-refractivity contribution in [2.75, 3.05) is 0 Å². The maximum Gasteiger partial charge on any atom is 0.118 e. The van der Waals surface area contributed by atoms with Crippen LogP contribution in [0.1, 0.15) is 44.2 Å². The van der Waals surface area contributed by atoms with Crippen molar-refractivity contribution >= 4 is 5.76 Å². The molecule has 1 aliphatic rings. The Kier molecular flexibility index (Phi) is 3.04. The first kappa shape index (κ1) is 11.3. The van der Waals surface area contributed by atoms with Gasteiger partial charge in [0.1, 0.15) is 5.76 Å². The summed E-state index contributed by atoms with van der Waals surface area (Å²) in [6.45, 7) is 6.47. The molecule has 1 fully saturated rings. The van der Waals surface area contributed by atoms with Crippen LogP contribution in [0.15, 0.2) is 30.3 Å². The first-order valence-corrected chi connectivity index (χ1v) is 6.09. The molecular formula is C15H20O. The van der Waals surface area contributed by atoms with Gasteiger partial charge in [0, 0.05) is 5.56 Å². The van der Waals surface area contributed by atoms with E-state index in [9.17, 15) is 5.11 Å². The highest BCUT2D eigenvalue weighted by Gasteiger charge is 2.37. The number of aliphatic hydroxyl groups excluding tert-OH is 1. The van der Waals surface area contributed by atoms with E-state index in [4.69, 9.17) is 0 Å². The average Bonchev–Trinajstić information content (AvgIpc) is 2.28. The van der Waals surface area contributed by atoms with Gasteiger partial charge >= 0.3 is 0 Å². The second-order valence-electron chi connectivity index (χ2n) is 4.98. The summed E-state index contributed by atoms with van der Waals surface area (Å²) in [6, 6.07) is 8.24.